The number of aliphatic carboxylic acids is 1. The predicted molar refractivity (Wildman–Crippen MR) is 184 cm³/mol. The molecular weight excluding hydrogens is 719 g/mol. The highest BCUT2D eigenvalue weighted by molar-refractivity contribution is 5.73. The highest BCUT2D eigenvalue weighted by atomic mass is 19.4. The molecule has 12 nitrogen and oxygen atoms in total. The number of benzene rings is 2. The van der Waals surface area contributed by atoms with E-state index in [9.17, 15) is 32.0 Å². The molecule has 2 unspecified atom stereocenters. The maximum atomic E-state index is 13.8. The van der Waals surface area contributed by atoms with Crippen molar-refractivity contribution in [3.8, 4) is 12.1 Å². The molecule has 4 saturated heterocycles. The molecule has 2 aromatic carbocycles. The number of piperazine rings is 2. The highest BCUT2D eigenvalue weighted by Gasteiger charge is 2.39. The van der Waals surface area contributed by atoms with Crippen molar-refractivity contribution in [2.75, 3.05) is 65.6 Å². The molecule has 2 aromatic rings. The van der Waals surface area contributed by atoms with Crippen LogP contribution in [0.2, 0.25) is 0 Å². The Morgan fingerprint density at radius 3 is 1.78 bits per heavy atom. The van der Waals surface area contributed by atoms with Crippen molar-refractivity contribution in [2.24, 2.45) is 0 Å². The van der Waals surface area contributed by atoms with Gasteiger partial charge in [0.25, 0.3) is 0 Å². The lowest BCUT2D eigenvalue weighted by Crippen LogP contribution is -2.60. The number of fused-ring (bicyclic) bond motifs is 2. The largest absolute Gasteiger partial charge is 0.490 e. The van der Waals surface area contributed by atoms with Crippen LogP contribution in [0.25, 0.3) is 0 Å². The Bertz CT molecular complexity index is 1760. The number of hydrogen-bond donors (Lipinski definition) is 2. The summed E-state index contributed by atoms with van der Waals surface area (Å²) < 4.78 is 76.5. The third-order valence-corrected chi connectivity index (χ3v) is 9.58. The maximum Gasteiger partial charge on any atom is 0.490 e. The first-order valence-electron chi connectivity index (χ1n) is 17.4. The summed E-state index contributed by atoms with van der Waals surface area (Å²) in [6, 6.07) is 10.6. The van der Waals surface area contributed by atoms with E-state index >= 15 is 0 Å². The van der Waals surface area contributed by atoms with Crippen LogP contribution < -0.4 is 5.32 Å². The van der Waals surface area contributed by atoms with E-state index < -0.39 is 29.4 Å². The van der Waals surface area contributed by atoms with Crippen LogP contribution in [0.15, 0.2) is 24.3 Å². The average molecular weight is 765 g/mol. The minimum Gasteiger partial charge on any atom is -0.475 e. The average Bonchev–Trinajstić information content (AvgIpc) is 3.11. The minimum atomic E-state index is -5.08. The van der Waals surface area contributed by atoms with Gasteiger partial charge in [0, 0.05) is 58.4 Å². The highest BCUT2D eigenvalue weighted by Crippen LogP contribution is 2.32. The fraction of sp³-hybridized carbons (Fsp3) is 0.568. The van der Waals surface area contributed by atoms with Gasteiger partial charge in [-0.15, -0.1) is 0 Å². The Kier molecular flexibility index (Phi) is 14.0. The maximum absolute atomic E-state index is 13.8. The Morgan fingerprint density at radius 1 is 0.833 bits per heavy atom. The molecule has 0 spiro atoms. The summed E-state index contributed by atoms with van der Waals surface area (Å²) in [7, 11) is 0. The molecule has 4 heterocycles. The van der Waals surface area contributed by atoms with Crippen molar-refractivity contribution in [1.29, 1.82) is 10.5 Å². The summed E-state index contributed by atoms with van der Waals surface area (Å²) in [5.41, 5.74) is 2.81. The van der Waals surface area contributed by atoms with E-state index in [4.69, 9.17) is 29.4 Å². The molecule has 1 amide bonds. The SMILES string of the molecule is Cc1c(C2CN3CCN(C(=O)OC(C)(C)C)CC3CO2)ccc(F)c1C#N.Cc1c([C@H]2CN3CCNC[C@@H]3CO2)ccc(F)c1C#N.O=C(O)C(F)(F)F. The van der Waals surface area contributed by atoms with Crippen molar-refractivity contribution >= 4 is 12.1 Å². The van der Waals surface area contributed by atoms with Crippen molar-refractivity contribution in [3.05, 3.63) is 69.3 Å². The molecule has 4 atom stereocenters. The van der Waals surface area contributed by atoms with Crippen LogP contribution in [0.3, 0.4) is 0 Å². The lowest BCUT2D eigenvalue weighted by atomic mass is 9.96. The van der Waals surface area contributed by atoms with Crippen molar-refractivity contribution in [2.45, 2.75) is 70.7 Å². The van der Waals surface area contributed by atoms with E-state index in [-0.39, 0.29) is 35.5 Å². The number of carbonyl (C=O) groups excluding carboxylic acids is 1. The normalized spacial score (nSPS) is 23.1. The van der Waals surface area contributed by atoms with Crippen LogP contribution in [0.1, 0.15) is 66.4 Å². The minimum absolute atomic E-state index is 0.0722. The van der Waals surface area contributed by atoms with Crippen molar-refractivity contribution in [1.82, 2.24) is 20.0 Å². The van der Waals surface area contributed by atoms with Gasteiger partial charge in [-0.05, 0) is 69.0 Å². The molecule has 0 aliphatic carbocycles. The van der Waals surface area contributed by atoms with Crippen LogP contribution in [0.4, 0.5) is 26.7 Å². The zero-order valence-electron chi connectivity index (χ0n) is 30.8. The predicted octanol–water partition coefficient (Wildman–Crippen LogP) is 4.98. The van der Waals surface area contributed by atoms with E-state index in [2.05, 4.69) is 15.1 Å². The van der Waals surface area contributed by atoms with Crippen molar-refractivity contribution < 1.29 is 50.9 Å². The summed E-state index contributed by atoms with van der Waals surface area (Å²) in [5.74, 6) is -3.71. The topological polar surface area (TPSA) is 151 Å². The Balaban J connectivity index is 0.000000211. The molecule has 17 heteroatoms. The van der Waals surface area contributed by atoms with Gasteiger partial charge in [-0.3, -0.25) is 9.80 Å². The molecule has 0 saturated carbocycles. The van der Waals surface area contributed by atoms with Gasteiger partial charge in [0.05, 0.1) is 42.6 Å². The standard InChI is InChI=1S/C20H26FN3O3.C15H18FN3O.C2HF3O2/c1-13-15(5-6-17(21)16(13)9-22)18-11-23-7-8-24(10-14(23)12-26-18)19(25)27-20(2,3)4;1-10-12(2-3-14(16)13(10)6-17)15-8-19-5-4-18-7-11(19)9-20-15;3-2(4,5)1(6)7/h5-6,14,18H,7-8,10-12H2,1-4H3;2-3,11,15,18H,4-5,7-9H2,1H3;(H,6,7)/t;11-,15-;/m.1./s1. The van der Waals surface area contributed by atoms with Crippen LogP contribution in [-0.4, -0.2) is 121 Å². The van der Waals surface area contributed by atoms with Gasteiger partial charge >= 0.3 is 18.2 Å². The summed E-state index contributed by atoms with van der Waals surface area (Å²) in [6.07, 6.45) is -5.66. The number of carboxylic acids is 1. The first-order chi connectivity index (χ1) is 25.3. The lowest BCUT2D eigenvalue weighted by molar-refractivity contribution is -0.192. The molecule has 54 heavy (non-hydrogen) atoms. The second-order valence-electron chi connectivity index (χ2n) is 14.4. The van der Waals surface area contributed by atoms with Gasteiger partial charge in [0.1, 0.15) is 29.4 Å². The van der Waals surface area contributed by atoms with Gasteiger partial charge in [-0.25, -0.2) is 18.4 Å². The number of carbonyl (C=O) groups is 2. The van der Waals surface area contributed by atoms with Crippen LogP contribution in [-0.2, 0) is 19.0 Å². The number of hydrogen-bond acceptors (Lipinski definition) is 10. The van der Waals surface area contributed by atoms with Crippen LogP contribution >= 0.6 is 0 Å². The monoisotopic (exact) mass is 764 g/mol. The molecule has 6 rings (SSSR count). The number of alkyl halides is 3. The fourth-order valence-corrected chi connectivity index (χ4v) is 6.72. The summed E-state index contributed by atoms with van der Waals surface area (Å²) >= 11 is 0. The smallest absolute Gasteiger partial charge is 0.475 e. The molecular formula is C37H45F5N6O6. The molecule has 2 N–H and O–H groups in total. The quantitative estimate of drug-likeness (QED) is 0.399. The number of halogens is 5. The second-order valence-corrected chi connectivity index (χ2v) is 14.4. The number of amides is 1. The molecule has 4 aliphatic rings. The van der Waals surface area contributed by atoms with Gasteiger partial charge in [-0.1, -0.05) is 12.1 Å². The zero-order valence-corrected chi connectivity index (χ0v) is 30.8. The van der Waals surface area contributed by atoms with Crippen molar-refractivity contribution in [3.63, 3.8) is 0 Å². The van der Waals surface area contributed by atoms with E-state index in [1.165, 1.54) is 12.1 Å². The number of ether oxygens (including phenoxy) is 3. The van der Waals surface area contributed by atoms with E-state index in [0.717, 1.165) is 43.9 Å². The summed E-state index contributed by atoms with van der Waals surface area (Å²) in [6.45, 7) is 16.6. The van der Waals surface area contributed by atoms with Gasteiger partial charge in [-0.2, -0.15) is 23.7 Å². The molecule has 4 fully saturated rings. The molecule has 294 valence electrons. The fourth-order valence-electron chi connectivity index (χ4n) is 6.72. The number of nitriles is 2. The van der Waals surface area contributed by atoms with Gasteiger partial charge in [0.2, 0.25) is 0 Å². The molecule has 0 bridgehead atoms. The first kappa shape index (κ1) is 42.4. The number of nitrogens with one attached hydrogen (secondary N) is 1. The van der Waals surface area contributed by atoms with Gasteiger partial charge in [0.15, 0.2) is 0 Å². The third-order valence-electron chi connectivity index (χ3n) is 9.58. The number of rotatable bonds is 2. The lowest BCUT2D eigenvalue weighted by Gasteiger charge is -2.46. The molecule has 0 radical (unpaired) electrons. The van der Waals surface area contributed by atoms with Gasteiger partial charge < -0.3 is 29.5 Å². The van der Waals surface area contributed by atoms with E-state index in [1.54, 1.807) is 30.9 Å². The van der Waals surface area contributed by atoms with E-state index in [1.807, 2.05) is 32.9 Å². The number of nitrogens with zero attached hydrogens (tertiary/aromatic N) is 5. The zero-order chi connectivity index (χ0) is 40.0. The Hall–Kier alpha value is -4.39. The van der Waals surface area contributed by atoms with E-state index in [0.29, 0.717) is 50.0 Å². The molecule has 4 aliphatic heterocycles. The summed E-state index contributed by atoms with van der Waals surface area (Å²) in [4.78, 5) is 27.6. The Labute approximate surface area is 311 Å². The van der Waals surface area contributed by atoms with Crippen LogP contribution in [0.5, 0.6) is 0 Å². The third kappa shape index (κ3) is 10.6. The number of carboxylic acid groups (broad SMARTS) is 1. The van der Waals surface area contributed by atoms with Crippen LogP contribution in [0, 0.1) is 48.1 Å². The molecule has 0 aromatic heterocycles. The Morgan fingerprint density at radius 2 is 1.31 bits per heavy atom. The second kappa shape index (κ2) is 17.8. The summed E-state index contributed by atoms with van der Waals surface area (Å²) in [5, 5.41) is 28.7. The number of morpholine rings is 2. The first-order valence-corrected chi connectivity index (χ1v) is 17.4.